The van der Waals surface area contributed by atoms with Crippen molar-refractivity contribution in [2.45, 2.75) is 19.8 Å². The molecule has 0 N–H and O–H groups in total. The molecule has 0 spiro atoms. The molecule has 5 heteroatoms. The Morgan fingerprint density at radius 1 is 1.17 bits per heavy atom. The molecule has 0 unspecified atom stereocenters. The highest BCUT2D eigenvalue weighted by atomic mass is 16.5. The molecule has 0 saturated carbocycles. The minimum absolute atomic E-state index is 0.210. The molecule has 2 heterocycles. The fourth-order valence-electron chi connectivity index (χ4n) is 2.73. The van der Waals surface area contributed by atoms with Gasteiger partial charge in [0, 0.05) is 17.9 Å². The van der Waals surface area contributed by atoms with Crippen LogP contribution in [0, 0.1) is 6.92 Å². The molecular formula is C18H18N2O3. The van der Waals surface area contributed by atoms with E-state index >= 15 is 0 Å². The normalized spacial score (nSPS) is 13.3. The third-order valence-corrected chi connectivity index (χ3v) is 3.84. The molecule has 118 valence electrons. The van der Waals surface area contributed by atoms with Crippen molar-refractivity contribution in [2.24, 2.45) is 0 Å². The van der Waals surface area contributed by atoms with Gasteiger partial charge in [-0.1, -0.05) is 24.3 Å². The molecule has 0 aliphatic carbocycles. The van der Waals surface area contributed by atoms with E-state index in [2.05, 4.69) is 4.98 Å². The van der Waals surface area contributed by atoms with Crippen LogP contribution in [0.3, 0.4) is 0 Å². The number of carbonyl (C=O) groups excluding carboxylic acids is 2. The Morgan fingerprint density at radius 2 is 2.00 bits per heavy atom. The summed E-state index contributed by atoms with van der Waals surface area (Å²) in [7, 11) is 0. The van der Waals surface area contributed by atoms with E-state index in [1.165, 1.54) is 0 Å². The van der Waals surface area contributed by atoms with Gasteiger partial charge in [-0.2, -0.15) is 0 Å². The summed E-state index contributed by atoms with van der Waals surface area (Å²) in [4.78, 5) is 30.2. The SMILES string of the molecule is Cc1cccc(C(=O)OCC(=O)N2CCCc3ccccc32)n1. The molecule has 1 aromatic heterocycles. The number of hydrogen-bond acceptors (Lipinski definition) is 4. The van der Waals surface area contributed by atoms with Gasteiger partial charge < -0.3 is 9.64 Å². The topological polar surface area (TPSA) is 59.5 Å². The average molecular weight is 310 g/mol. The number of anilines is 1. The van der Waals surface area contributed by atoms with E-state index < -0.39 is 5.97 Å². The number of ether oxygens (including phenoxy) is 1. The molecule has 0 fully saturated rings. The zero-order valence-electron chi connectivity index (χ0n) is 13.0. The van der Waals surface area contributed by atoms with Crippen molar-refractivity contribution in [1.29, 1.82) is 0 Å². The quantitative estimate of drug-likeness (QED) is 0.817. The van der Waals surface area contributed by atoms with Gasteiger partial charge in [-0.15, -0.1) is 0 Å². The van der Waals surface area contributed by atoms with Crippen molar-refractivity contribution in [3.63, 3.8) is 0 Å². The summed E-state index contributed by atoms with van der Waals surface area (Å²) < 4.78 is 5.12. The molecule has 3 rings (SSSR count). The van der Waals surface area contributed by atoms with Crippen LogP contribution >= 0.6 is 0 Å². The van der Waals surface area contributed by atoms with Gasteiger partial charge in [0.2, 0.25) is 0 Å². The van der Waals surface area contributed by atoms with Crippen molar-refractivity contribution in [3.8, 4) is 0 Å². The molecule has 0 saturated heterocycles. The largest absolute Gasteiger partial charge is 0.451 e. The number of hydrogen-bond donors (Lipinski definition) is 0. The second-order valence-corrected chi connectivity index (χ2v) is 5.52. The van der Waals surface area contributed by atoms with Crippen molar-refractivity contribution in [1.82, 2.24) is 4.98 Å². The number of aryl methyl sites for hydroxylation is 2. The molecule has 1 aliphatic heterocycles. The highest BCUT2D eigenvalue weighted by molar-refractivity contribution is 5.97. The summed E-state index contributed by atoms with van der Waals surface area (Å²) >= 11 is 0. The van der Waals surface area contributed by atoms with Crippen LogP contribution < -0.4 is 4.90 Å². The van der Waals surface area contributed by atoms with Crippen LogP contribution in [0.1, 0.15) is 28.2 Å². The van der Waals surface area contributed by atoms with Gasteiger partial charge in [0.25, 0.3) is 5.91 Å². The lowest BCUT2D eigenvalue weighted by atomic mass is 10.0. The number of nitrogens with zero attached hydrogens (tertiary/aromatic N) is 2. The lowest BCUT2D eigenvalue weighted by Gasteiger charge is -2.29. The summed E-state index contributed by atoms with van der Waals surface area (Å²) in [5.74, 6) is -0.787. The van der Waals surface area contributed by atoms with Crippen LogP contribution in [0.5, 0.6) is 0 Å². The minimum Gasteiger partial charge on any atom is -0.451 e. The fourth-order valence-corrected chi connectivity index (χ4v) is 2.73. The van der Waals surface area contributed by atoms with Crippen LogP contribution in [0.25, 0.3) is 0 Å². The number of carbonyl (C=O) groups is 2. The molecule has 0 bridgehead atoms. The van der Waals surface area contributed by atoms with E-state index in [1.807, 2.05) is 24.3 Å². The third kappa shape index (κ3) is 3.39. The Balaban J connectivity index is 1.65. The van der Waals surface area contributed by atoms with E-state index in [9.17, 15) is 9.59 Å². The average Bonchev–Trinajstić information content (AvgIpc) is 2.59. The van der Waals surface area contributed by atoms with Gasteiger partial charge in [0.15, 0.2) is 6.61 Å². The van der Waals surface area contributed by atoms with Crippen molar-refractivity contribution in [2.75, 3.05) is 18.1 Å². The second-order valence-electron chi connectivity index (χ2n) is 5.52. The first kappa shape index (κ1) is 15.2. The van der Waals surface area contributed by atoms with Gasteiger partial charge >= 0.3 is 5.97 Å². The molecule has 0 atom stereocenters. The first-order valence-electron chi connectivity index (χ1n) is 7.64. The minimum atomic E-state index is -0.577. The van der Waals surface area contributed by atoms with Gasteiger partial charge in [0.05, 0.1) is 0 Å². The molecule has 5 nitrogen and oxygen atoms in total. The summed E-state index contributed by atoms with van der Waals surface area (Å²) in [6.45, 7) is 2.17. The van der Waals surface area contributed by atoms with Crippen LogP contribution in [-0.2, 0) is 16.0 Å². The Labute approximate surface area is 134 Å². The number of aromatic nitrogens is 1. The number of pyridine rings is 1. The predicted molar refractivity (Wildman–Crippen MR) is 86.4 cm³/mol. The van der Waals surface area contributed by atoms with Crippen LogP contribution in [0.4, 0.5) is 5.69 Å². The van der Waals surface area contributed by atoms with Crippen molar-refractivity contribution >= 4 is 17.6 Å². The third-order valence-electron chi connectivity index (χ3n) is 3.84. The van der Waals surface area contributed by atoms with Gasteiger partial charge in [-0.25, -0.2) is 9.78 Å². The molecule has 1 aliphatic rings. The van der Waals surface area contributed by atoms with Crippen molar-refractivity contribution in [3.05, 3.63) is 59.4 Å². The maximum absolute atomic E-state index is 12.4. The molecular weight excluding hydrogens is 292 g/mol. The lowest BCUT2D eigenvalue weighted by Crippen LogP contribution is -2.38. The molecule has 0 radical (unpaired) electrons. The summed E-state index contributed by atoms with van der Waals surface area (Å²) in [6.07, 6.45) is 1.88. The smallest absolute Gasteiger partial charge is 0.357 e. The van der Waals surface area contributed by atoms with E-state index in [0.717, 1.165) is 29.8 Å². The zero-order valence-corrected chi connectivity index (χ0v) is 13.0. The maximum atomic E-state index is 12.4. The monoisotopic (exact) mass is 310 g/mol. The first-order chi connectivity index (χ1) is 11.1. The first-order valence-corrected chi connectivity index (χ1v) is 7.64. The Hall–Kier alpha value is -2.69. The van der Waals surface area contributed by atoms with Gasteiger partial charge in [-0.3, -0.25) is 4.79 Å². The molecule has 1 amide bonds. The van der Waals surface area contributed by atoms with Crippen LogP contribution in [0.15, 0.2) is 42.5 Å². The maximum Gasteiger partial charge on any atom is 0.357 e. The molecule has 23 heavy (non-hydrogen) atoms. The van der Waals surface area contributed by atoms with E-state index in [1.54, 1.807) is 30.0 Å². The van der Waals surface area contributed by atoms with Gasteiger partial charge in [-0.05, 0) is 43.5 Å². The Bertz CT molecular complexity index is 743. The number of amides is 1. The van der Waals surface area contributed by atoms with E-state index in [-0.39, 0.29) is 18.2 Å². The predicted octanol–water partition coefficient (Wildman–Crippen LogP) is 2.53. The molecule has 2 aromatic rings. The fraction of sp³-hybridized carbons (Fsp3) is 0.278. The number of esters is 1. The number of fused-ring (bicyclic) bond motifs is 1. The number of para-hydroxylation sites is 1. The Kier molecular flexibility index (Phi) is 4.37. The Morgan fingerprint density at radius 3 is 2.83 bits per heavy atom. The number of rotatable bonds is 3. The summed E-state index contributed by atoms with van der Waals surface area (Å²) in [5.41, 5.74) is 3.01. The van der Waals surface area contributed by atoms with Crippen molar-refractivity contribution < 1.29 is 14.3 Å². The van der Waals surface area contributed by atoms with Crippen LogP contribution in [0.2, 0.25) is 0 Å². The van der Waals surface area contributed by atoms with Gasteiger partial charge in [0.1, 0.15) is 5.69 Å². The summed E-state index contributed by atoms with van der Waals surface area (Å²) in [5, 5.41) is 0. The molecule has 1 aromatic carbocycles. The standard InChI is InChI=1S/C18H18N2O3/c1-13-6-4-9-15(19-13)18(22)23-12-17(21)20-11-5-8-14-7-2-3-10-16(14)20/h2-4,6-7,9-10H,5,8,11-12H2,1H3. The zero-order chi connectivity index (χ0) is 16.2. The highest BCUT2D eigenvalue weighted by Gasteiger charge is 2.23. The van der Waals surface area contributed by atoms with Crippen LogP contribution in [-0.4, -0.2) is 30.0 Å². The lowest BCUT2D eigenvalue weighted by molar-refractivity contribution is -0.121. The highest BCUT2D eigenvalue weighted by Crippen LogP contribution is 2.26. The van der Waals surface area contributed by atoms with E-state index in [4.69, 9.17) is 4.74 Å². The summed E-state index contributed by atoms with van der Waals surface area (Å²) in [6, 6.07) is 12.9. The number of benzene rings is 1. The second kappa shape index (κ2) is 6.60. The van der Waals surface area contributed by atoms with E-state index in [0.29, 0.717) is 6.54 Å².